The zero-order valence-corrected chi connectivity index (χ0v) is 9.45. The Labute approximate surface area is 93.4 Å². The first kappa shape index (κ1) is 11.1. The van der Waals surface area contributed by atoms with E-state index >= 15 is 0 Å². The second kappa shape index (κ2) is 3.90. The lowest BCUT2D eigenvalue weighted by Crippen LogP contribution is -2.30. The van der Waals surface area contributed by atoms with Crippen LogP contribution in [0, 0.1) is 6.92 Å². The van der Waals surface area contributed by atoms with Crippen LogP contribution in [0.25, 0.3) is 0 Å². The summed E-state index contributed by atoms with van der Waals surface area (Å²) in [6.07, 6.45) is 2.88. The minimum atomic E-state index is -1.09. The molecule has 1 aromatic rings. The maximum Gasteiger partial charge on any atom is 0.373 e. The van der Waals surface area contributed by atoms with Gasteiger partial charge in [0.1, 0.15) is 5.60 Å². The Hall–Kier alpha value is -1.36. The zero-order chi connectivity index (χ0) is 11.8. The Morgan fingerprint density at radius 1 is 1.50 bits per heavy atom. The molecule has 5 nitrogen and oxygen atoms in total. The first-order valence-electron chi connectivity index (χ1n) is 5.38. The van der Waals surface area contributed by atoms with E-state index in [1.807, 2.05) is 6.92 Å². The summed E-state index contributed by atoms with van der Waals surface area (Å²) in [6.45, 7) is 4.19. The van der Waals surface area contributed by atoms with Crippen LogP contribution in [0.5, 0.6) is 0 Å². The Morgan fingerprint density at radius 3 is 2.75 bits per heavy atom. The molecule has 0 aliphatic carbocycles. The van der Waals surface area contributed by atoms with Crippen molar-refractivity contribution in [2.75, 3.05) is 6.61 Å². The van der Waals surface area contributed by atoms with Gasteiger partial charge in [-0.15, -0.1) is 0 Å². The summed E-state index contributed by atoms with van der Waals surface area (Å²) >= 11 is 0. The number of nitrogens with zero attached hydrogens (tertiary/aromatic N) is 1. The molecule has 16 heavy (non-hydrogen) atoms. The number of aromatic carboxylic acids is 1. The van der Waals surface area contributed by atoms with Gasteiger partial charge in [0.15, 0.2) is 0 Å². The molecule has 1 saturated heterocycles. The number of carboxylic acid groups (broad SMARTS) is 1. The molecule has 0 saturated carbocycles. The summed E-state index contributed by atoms with van der Waals surface area (Å²) in [7, 11) is 0. The first-order valence-corrected chi connectivity index (χ1v) is 5.38. The van der Waals surface area contributed by atoms with Crippen LogP contribution in [0.15, 0.2) is 4.42 Å². The lowest BCUT2D eigenvalue weighted by atomic mass is 9.96. The van der Waals surface area contributed by atoms with E-state index in [9.17, 15) is 4.79 Å². The molecular weight excluding hydrogens is 210 g/mol. The fourth-order valence-corrected chi connectivity index (χ4v) is 1.92. The van der Waals surface area contributed by atoms with Crippen LogP contribution in [0.2, 0.25) is 0 Å². The van der Waals surface area contributed by atoms with Crippen LogP contribution in [0.1, 0.15) is 48.3 Å². The van der Waals surface area contributed by atoms with Crippen molar-refractivity contribution in [1.82, 2.24) is 4.98 Å². The second-order valence-corrected chi connectivity index (χ2v) is 4.28. The van der Waals surface area contributed by atoms with E-state index in [-0.39, 0.29) is 5.76 Å². The summed E-state index contributed by atoms with van der Waals surface area (Å²) in [5.74, 6) is -0.803. The van der Waals surface area contributed by atoms with Gasteiger partial charge in [0.2, 0.25) is 11.7 Å². The number of aromatic nitrogens is 1. The molecular formula is C11H15NO4. The molecule has 1 aromatic heterocycles. The standard InChI is InChI=1S/C11H15NO4/c1-7-8(9(13)14)16-10(12-7)11(2)5-3-4-6-15-11/h3-6H2,1-2H3,(H,13,14). The SMILES string of the molecule is Cc1nc(C2(C)CCCCO2)oc1C(=O)O. The topological polar surface area (TPSA) is 72.6 Å². The van der Waals surface area contributed by atoms with Crippen LogP contribution < -0.4 is 0 Å². The number of carbonyl (C=O) groups is 1. The van der Waals surface area contributed by atoms with E-state index in [1.54, 1.807) is 6.92 Å². The molecule has 1 fully saturated rings. The molecule has 1 aliphatic heterocycles. The highest BCUT2D eigenvalue weighted by molar-refractivity contribution is 5.85. The van der Waals surface area contributed by atoms with E-state index in [2.05, 4.69) is 4.98 Å². The van der Waals surface area contributed by atoms with Crippen LogP contribution in [-0.2, 0) is 10.3 Å². The van der Waals surface area contributed by atoms with Crippen molar-refractivity contribution < 1.29 is 19.1 Å². The summed E-state index contributed by atoms with van der Waals surface area (Å²) < 4.78 is 10.9. The number of hydrogen-bond donors (Lipinski definition) is 1. The van der Waals surface area contributed by atoms with Gasteiger partial charge in [-0.2, -0.15) is 0 Å². The summed E-state index contributed by atoms with van der Waals surface area (Å²) in [6, 6.07) is 0. The number of carboxylic acids is 1. The number of aryl methyl sites for hydroxylation is 1. The van der Waals surface area contributed by atoms with Crippen LogP contribution in [0.4, 0.5) is 0 Å². The highest BCUT2D eigenvalue weighted by atomic mass is 16.5. The van der Waals surface area contributed by atoms with Crippen LogP contribution >= 0.6 is 0 Å². The smallest absolute Gasteiger partial charge is 0.373 e. The third-order valence-electron chi connectivity index (χ3n) is 2.91. The van der Waals surface area contributed by atoms with E-state index < -0.39 is 11.6 Å². The maximum atomic E-state index is 10.8. The second-order valence-electron chi connectivity index (χ2n) is 4.28. The average molecular weight is 225 g/mol. The van der Waals surface area contributed by atoms with Crippen molar-refractivity contribution in [2.24, 2.45) is 0 Å². The van der Waals surface area contributed by atoms with E-state index in [4.69, 9.17) is 14.3 Å². The van der Waals surface area contributed by atoms with E-state index in [1.165, 1.54) is 0 Å². The molecule has 88 valence electrons. The lowest BCUT2D eigenvalue weighted by Gasteiger charge is -2.30. The Bertz CT molecular complexity index is 404. The first-order chi connectivity index (χ1) is 7.53. The fourth-order valence-electron chi connectivity index (χ4n) is 1.92. The third-order valence-corrected chi connectivity index (χ3v) is 2.91. The summed E-state index contributed by atoms with van der Waals surface area (Å²) in [5.41, 5.74) is -0.172. The third kappa shape index (κ3) is 1.82. The maximum absolute atomic E-state index is 10.8. The quantitative estimate of drug-likeness (QED) is 0.834. The normalized spacial score (nSPS) is 25.6. The van der Waals surface area contributed by atoms with Crippen molar-refractivity contribution >= 4 is 5.97 Å². The Balaban J connectivity index is 2.33. The Morgan fingerprint density at radius 2 is 2.25 bits per heavy atom. The molecule has 0 radical (unpaired) electrons. The predicted octanol–water partition coefficient (Wildman–Crippen LogP) is 2.10. The molecule has 0 spiro atoms. The molecule has 5 heteroatoms. The van der Waals surface area contributed by atoms with Gasteiger partial charge in [0, 0.05) is 6.61 Å². The number of hydrogen-bond acceptors (Lipinski definition) is 4. The van der Waals surface area contributed by atoms with Gasteiger partial charge >= 0.3 is 5.97 Å². The van der Waals surface area contributed by atoms with Crippen molar-refractivity contribution in [2.45, 2.75) is 38.7 Å². The molecule has 0 bridgehead atoms. The van der Waals surface area contributed by atoms with Crippen molar-refractivity contribution in [3.8, 4) is 0 Å². The molecule has 1 unspecified atom stereocenters. The minimum absolute atomic E-state index is 0.0922. The fraction of sp³-hybridized carbons (Fsp3) is 0.636. The molecule has 0 amide bonds. The van der Waals surface area contributed by atoms with Gasteiger partial charge < -0.3 is 14.3 Å². The highest BCUT2D eigenvalue weighted by Gasteiger charge is 2.36. The van der Waals surface area contributed by atoms with Gasteiger partial charge in [-0.3, -0.25) is 0 Å². The minimum Gasteiger partial charge on any atom is -0.475 e. The molecule has 2 rings (SSSR count). The van der Waals surface area contributed by atoms with E-state index in [0.29, 0.717) is 18.2 Å². The monoisotopic (exact) mass is 225 g/mol. The number of oxazole rings is 1. The van der Waals surface area contributed by atoms with E-state index in [0.717, 1.165) is 19.3 Å². The highest BCUT2D eigenvalue weighted by Crippen LogP contribution is 2.34. The lowest BCUT2D eigenvalue weighted by molar-refractivity contribution is -0.0869. The van der Waals surface area contributed by atoms with Crippen LogP contribution in [-0.4, -0.2) is 22.7 Å². The number of ether oxygens (including phenoxy) is 1. The largest absolute Gasteiger partial charge is 0.475 e. The van der Waals surface area contributed by atoms with Crippen molar-refractivity contribution in [1.29, 1.82) is 0 Å². The molecule has 1 aliphatic rings. The molecule has 0 aromatic carbocycles. The number of rotatable bonds is 2. The van der Waals surface area contributed by atoms with Gasteiger partial charge in [0.25, 0.3) is 0 Å². The summed E-state index contributed by atoms with van der Waals surface area (Å²) in [4.78, 5) is 15.0. The predicted molar refractivity (Wildman–Crippen MR) is 55.4 cm³/mol. The van der Waals surface area contributed by atoms with Gasteiger partial charge in [-0.1, -0.05) is 0 Å². The van der Waals surface area contributed by atoms with Crippen molar-refractivity contribution in [3.05, 3.63) is 17.3 Å². The molecule has 1 N–H and O–H groups in total. The van der Waals surface area contributed by atoms with Crippen molar-refractivity contribution in [3.63, 3.8) is 0 Å². The Kier molecular flexibility index (Phi) is 2.71. The average Bonchev–Trinajstić information content (AvgIpc) is 2.62. The zero-order valence-electron chi connectivity index (χ0n) is 9.45. The summed E-state index contributed by atoms with van der Waals surface area (Å²) in [5, 5.41) is 8.89. The van der Waals surface area contributed by atoms with Gasteiger partial charge in [0.05, 0.1) is 5.69 Å². The van der Waals surface area contributed by atoms with Gasteiger partial charge in [-0.25, -0.2) is 9.78 Å². The van der Waals surface area contributed by atoms with Gasteiger partial charge in [-0.05, 0) is 33.1 Å². The molecule has 1 atom stereocenters. The van der Waals surface area contributed by atoms with Crippen LogP contribution in [0.3, 0.4) is 0 Å². The molecule has 2 heterocycles.